The van der Waals surface area contributed by atoms with Crippen molar-refractivity contribution in [1.82, 2.24) is 4.90 Å². The Kier molecular flexibility index (Phi) is 7.42. The molecule has 1 unspecified atom stereocenters. The van der Waals surface area contributed by atoms with Crippen LogP contribution in [0.4, 0.5) is 0 Å². The highest BCUT2D eigenvalue weighted by atomic mass is 15.2. The van der Waals surface area contributed by atoms with Gasteiger partial charge in [-0.15, -0.1) is 0 Å². The van der Waals surface area contributed by atoms with Crippen LogP contribution in [0.25, 0.3) is 38.4 Å². The van der Waals surface area contributed by atoms with E-state index in [-0.39, 0.29) is 6.17 Å². The Morgan fingerprint density at radius 3 is 2.11 bits per heavy atom. The molecule has 0 bridgehead atoms. The fraction of sp³-hybridized carbons (Fsp3) is 0.133. The zero-order valence-electron chi connectivity index (χ0n) is 27.1. The van der Waals surface area contributed by atoms with Crippen LogP contribution in [0.2, 0.25) is 0 Å². The van der Waals surface area contributed by atoms with E-state index < -0.39 is 0 Å². The molecule has 0 saturated heterocycles. The number of aliphatic imine (C=N–C) groups is 1. The quantitative estimate of drug-likeness (QED) is 0.130. The molecule has 47 heavy (non-hydrogen) atoms. The first-order valence-corrected chi connectivity index (χ1v) is 16.6. The first-order valence-electron chi connectivity index (χ1n) is 16.6. The molecule has 0 aromatic heterocycles. The van der Waals surface area contributed by atoms with Crippen molar-refractivity contribution in [2.75, 3.05) is 7.05 Å². The molecule has 8 rings (SSSR count). The molecule has 0 aliphatic heterocycles. The average Bonchev–Trinajstić information content (AvgIpc) is 3.50. The smallest absolute Gasteiger partial charge is 0.147 e. The van der Waals surface area contributed by atoms with Gasteiger partial charge in [0.25, 0.3) is 0 Å². The van der Waals surface area contributed by atoms with Crippen molar-refractivity contribution in [2.45, 2.75) is 32.4 Å². The SMILES string of the molecule is C=C(c1ccccc1)N(C)C(/N=C(\C)c1ccccc1)c1ccc2c(c1)C1=C(CCC(c3cc4ccccc4c4ccccc34)=C1)C2. The number of nitrogens with zero attached hydrogens (tertiary/aromatic N) is 2. The van der Waals surface area contributed by atoms with E-state index in [1.807, 2.05) is 6.07 Å². The standard InChI is InChI=1S/C45H38N2/c1-30(32-14-6-4-7-15-32)46-45(47(3)31(2)33-16-8-5-9-17-33)38-25-24-36-26-35-22-23-37(28-43(35)44(36)29-38)42-27-34-18-10-11-19-39(34)40-20-12-13-21-41(40)42/h4-21,24-25,27-29,45H,2,22-23,26H2,1,3H3/b46-30+. The van der Waals surface area contributed by atoms with Gasteiger partial charge in [-0.05, 0) is 104 Å². The van der Waals surface area contributed by atoms with Crippen molar-refractivity contribution in [2.24, 2.45) is 4.99 Å². The van der Waals surface area contributed by atoms with E-state index in [4.69, 9.17) is 4.99 Å². The lowest BCUT2D eigenvalue weighted by Crippen LogP contribution is -2.23. The Morgan fingerprint density at radius 1 is 0.681 bits per heavy atom. The molecule has 6 aromatic rings. The van der Waals surface area contributed by atoms with Gasteiger partial charge in [0.1, 0.15) is 6.17 Å². The van der Waals surface area contributed by atoms with Crippen LogP contribution in [-0.4, -0.2) is 17.7 Å². The lowest BCUT2D eigenvalue weighted by molar-refractivity contribution is 0.368. The predicted octanol–water partition coefficient (Wildman–Crippen LogP) is 11.3. The largest absolute Gasteiger partial charge is 0.349 e. The minimum Gasteiger partial charge on any atom is -0.349 e. The van der Waals surface area contributed by atoms with E-state index in [2.05, 4.69) is 159 Å². The number of hydrogen-bond donors (Lipinski definition) is 0. The molecule has 0 heterocycles. The van der Waals surface area contributed by atoms with Gasteiger partial charge in [0.2, 0.25) is 0 Å². The zero-order valence-corrected chi connectivity index (χ0v) is 27.1. The molecule has 0 N–H and O–H groups in total. The van der Waals surface area contributed by atoms with Crippen molar-refractivity contribution in [3.63, 3.8) is 0 Å². The van der Waals surface area contributed by atoms with E-state index >= 15 is 0 Å². The van der Waals surface area contributed by atoms with Gasteiger partial charge >= 0.3 is 0 Å². The van der Waals surface area contributed by atoms with Crippen molar-refractivity contribution in [3.05, 3.63) is 185 Å². The highest BCUT2D eigenvalue weighted by Gasteiger charge is 2.27. The van der Waals surface area contributed by atoms with Gasteiger partial charge in [-0.2, -0.15) is 0 Å². The van der Waals surface area contributed by atoms with Crippen LogP contribution in [0.1, 0.15) is 59.3 Å². The molecule has 0 spiro atoms. The number of allylic oxidation sites excluding steroid dienone is 4. The lowest BCUT2D eigenvalue weighted by Gasteiger charge is -2.30. The van der Waals surface area contributed by atoms with Gasteiger partial charge in [0.05, 0.1) is 0 Å². The summed E-state index contributed by atoms with van der Waals surface area (Å²) >= 11 is 0. The summed E-state index contributed by atoms with van der Waals surface area (Å²) in [4.78, 5) is 7.59. The summed E-state index contributed by atoms with van der Waals surface area (Å²) in [7, 11) is 2.11. The second-order valence-corrected chi connectivity index (χ2v) is 12.8. The molecule has 0 radical (unpaired) electrons. The highest BCUT2D eigenvalue weighted by Crippen LogP contribution is 2.45. The second kappa shape index (κ2) is 12.0. The zero-order chi connectivity index (χ0) is 31.9. The highest BCUT2D eigenvalue weighted by molar-refractivity contribution is 6.12. The van der Waals surface area contributed by atoms with Crippen LogP contribution in [0.3, 0.4) is 0 Å². The summed E-state index contributed by atoms with van der Waals surface area (Å²) in [6.45, 7) is 6.63. The number of hydrogen-bond acceptors (Lipinski definition) is 2. The Hall–Kier alpha value is -5.47. The first-order chi connectivity index (χ1) is 23.0. The molecule has 2 heteroatoms. The number of fused-ring (bicyclic) bond motifs is 5. The molecule has 228 valence electrons. The second-order valence-electron chi connectivity index (χ2n) is 12.8. The van der Waals surface area contributed by atoms with Gasteiger partial charge in [-0.3, -0.25) is 4.99 Å². The number of rotatable bonds is 7. The van der Waals surface area contributed by atoms with Crippen LogP contribution < -0.4 is 0 Å². The van der Waals surface area contributed by atoms with Crippen molar-refractivity contribution in [3.8, 4) is 0 Å². The topological polar surface area (TPSA) is 15.6 Å². The maximum absolute atomic E-state index is 5.37. The summed E-state index contributed by atoms with van der Waals surface area (Å²) < 4.78 is 0. The van der Waals surface area contributed by atoms with E-state index in [9.17, 15) is 0 Å². The van der Waals surface area contributed by atoms with E-state index in [1.54, 1.807) is 5.57 Å². The maximum Gasteiger partial charge on any atom is 0.147 e. The summed E-state index contributed by atoms with van der Waals surface area (Å²) in [6, 6.07) is 48.0. The van der Waals surface area contributed by atoms with Crippen molar-refractivity contribution < 1.29 is 0 Å². The molecule has 2 aliphatic rings. The third kappa shape index (κ3) is 5.30. The predicted molar refractivity (Wildman–Crippen MR) is 200 cm³/mol. The summed E-state index contributed by atoms with van der Waals surface area (Å²) in [5.41, 5.74) is 13.8. The summed E-state index contributed by atoms with van der Waals surface area (Å²) in [5, 5.41) is 5.27. The van der Waals surface area contributed by atoms with Crippen LogP contribution in [0.15, 0.2) is 157 Å². The average molecular weight is 607 g/mol. The fourth-order valence-corrected chi connectivity index (χ4v) is 7.45. The molecule has 6 aromatic carbocycles. The Bertz CT molecular complexity index is 2250. The minimum absolute atomic E-state index is 0.227. The van der Waals surface area contributed by atoms with E-state index in [1.165, 1.54) is 54.9 Å². The normalized spacial score (nSPS) is 14.9. The molecule has 0 saturated carbocycles. The fourth-order valence-electron chi connectivity index (χ4n) is 7.45. The monoisotopic (exact) mass is 606 g/mol. The van der Waals surface area contributed by atoms with Gasteiger partial charge < -0.3 is 4.90 Å². The van der Waals surface area contributed by atoms with Crippen molar-refractivity contribution in [1.29, 1.82) is 0 Å². The van der Waals surface area contributed by atoms with Gasteiger partial charge in [-0.1, -0.05) is 140 Å². The molecular weight excluding hydrogens is 569 g/mol. The Labute approximate surface area is 277 Å². The molecular formula is C45H38N2. The van der Waals surface area contributed by atoms with Crippen LogP contribution >= 0.6 is 0 Å². The van der Waals surface area contributed by atoms with Crippen LogP contribution in [0, 0.1) is 0 Å². The van der Waals surface area contributed by atoms with Gasteiger partial charge in [0.15, 0.2) is 0 Å². The molecule has 2 aliphatic carbocycles. The van der Waals surface area contributed by atoms with E-state index in [0.717, 1.165) is 41.8 Å². The Morgan fingerprint density at radius 2 is 1.34 bits per heavy atom. The molecule has 2 nitrogen and oxygen atoms in total. The van der Waals surface area contributed by atoms with Gasteiger partial charge in [-0.25, -0.2) is 0 Å². The summed E-state index contributed by atoms with van der Waals surface area (Å²) in [6.07, 6.45) is 5.44. The molecule has 1 atom stereocenters. The lowest BCUT2D eigenvalue weighted by atomic mass is 9.85. The Balaban J connectivity index is 1.22. The molecule has 0 fully saturated rings. The summed E-state index contributed by atoms with van der Waals surface area (Å²) in [5.74, 6) is 0. The third-order valence-electron chi connectivity index (χ3n) is 10.0. The van der Waals surface area contributed by atoms with Gasteiger partial charge in [0, 0.05) is 18.5 Å². The number of benzene rings is 6. The van der Waals surface area contributed by atoms with Crippen LogP contribution in [-0.2, 0) is 6.42 Å². The minimum atomic E-state index is -0.227. The first kappa shape index (κ1) is 29.0. The van der Waals surface area contributed by atoms with Crippen molar-refractivity contribution >= 4 is 44.1 Å². The van der Waals surface area contributed by atoms with E-state index in [0.29, 0.717) is 0 Å². The maximum atomic E-state index is 5.37. The van der Waals surface area contributed by atoms with Crippen LogP contribution in [0.5, 0.6) is 0 Å². The third-order valence-corrected chi connectivity index (χ3v) is 10.0. The molecule has 0 amide bonds.